The van der Waals surface area contributed by atoms with E-state index in [2.05, 4.69) is 9.73 Å². The second kappa shape index (κ2) is 21.2. The molecule has 0 bridgehead atoms. The molecule has 0 heterocycles. The minimum absolute atomic E-state index is 0. The van der Waals surface area contributed by atoms with Crippen LogP contribution in [0.1, 0.15) is 36.1 Å². The molecule has 4 aromatic carbocycles. The van der Waals surface area contributed by atoms with Crippen LogP contribution in [0.4, 0.5) is 0 Å². The van der Waals surface area contributed by atoms with Crippen molar-refractivity contribution in [1.82, 2.24) is 0 Å². The lowest BCUT2D eigenvalue weighted by atomic mass is 10.0. The Morgan fingerprint density at radius 2 is 0.952 bits per heavy atom. The molecule has 7 nitrogen and oxygen atoms in total. The number of aliphatic imine (C=N–C) groups is 1. The Morgan fingerprint density at radius 1 is 0.619 bits per heavy atom. The predicted octanol–water partition coefficient (Wildman–Crippen LogP) is 6.12. The van der Waals surface area contributed by atoms with Crippen molar-refractivity contribution in [3.63, 3.8) is 0 Å². The molecule has 0 amide bonds. The van der Waals surface area contributed by atoms with E-state index in [1.54, 1.807) is 13.8 Å². The summed E-state index contributed by atoms with van der Waals surface area (Å²) in [6.45, 7) is 4.33. The number of nitrogens with two attached hydrogens (primary N) is 1. The van der Waals surface area contributed by atoms with Gasteiger partial charge in [0.25, 0.3) is 0 Å². The maximum Gasteiger partial charge on any atom is 0.327 e. The normalized spacial score (nSPS) is 9.31. The largest absolute Gasteiger partial charge is 0.465 e. The third-order valence-corrected chi connectivity index (χ3v) is 5.36. The Bertz CT molecular complexity index is 1270. The van der Waals surface area contributed by atoms with E-state index in [0.29, 0.717) is 18.9 Å². The lowest BCUT2D eigenvalue weighted by Crippen LogP contribution is -2.16. The molecule has 0 unspecified atom stereocenters. The highest BCUT2D eigenvalue weighted by atomic mass is 35.5. The maximum atomic E-state index is 11.5. The molecule has 0 radical (unpaired) electrons. The van der Waals surface area contributed by atoms with Crippen molar-refractivity contribution in [2.24, 2.45) is 10.7 Å². The van der Waals surface area contributed by atoms with Crippen molar-refractivity contribution in [3.05, 3.63) is 144 Å². The van der Waals surface area contributed by atoms with Gasteiger partial charge in [0.15, 0.2) is 0 Å². The van der Waals surface area contributed by atoms with Crippen LogP contribution in [0, 0.1) is 5.41 Å². The van der Waals surface area contributed by atoms with Gasteiger partial charge < -0.3 is 15.2 Å². The zero-order valence-electron chi connectivity index (χ0n) is 23.9. The molecule has 0 spiro atoms. The molecule has 0 aliphatic heterocycles. The van der Waals surface area contributed by atoms with Gasteiger partial charge in [0, 0.05) is 11.1 Å². The molecule has 220 valence electrons. The van der Waals surface area contributed by atoms with E-state index in [4.69, 9.17) is 15.9 Å². The lowest BCUT2D eigenvalue weighted by Gasteiger charge is -2.07. The highest BCUT2D eigenvalue weighted by Gasteiger charge is 2.08. The monoisotopic (exact) mass is 587 g/mol. The number of nitrogens with zero attached hydrogens (tertiary/aromatic N) is 1. The number of esters is 2. The second-order valence-corrected chi connectivity index (χ2v) is 8.32. The minimum Gasteiger partial charge on any atom is -0.465 e. The van der Waals surface area contributed by atoms with Gasteiger partial charge in [-0.2, -0.15) is 0 Å². The summed E-state index contributed by atoms with van der Waals surface area (Å²) in [4.78, 5) is 26.0. The van der Waals surface area contributed by atoms with Crippen LogP contribution in [0.15, 0.2) is 126 Å². The molecule has 0 aliphatic carbocycles. The minimum atomic E-state index is -0.345. The smallest absolute Gasteiger partial charge is 0.327 e. The summed E-state index contributed by atoms with van der Waals surface area (Å²) in [5.74, 6) is -0.653. The molecule has 0 aromatic heterocycles. The first-order valence-electron chi connectivity index (χ1n) is 13.4. The van der Waals surface area contributed by atoms with Gasteiger partial charge in [-0.05, 0) is 25.0 Å². The molecule has 8 heteroatoms. The number of ether oxygens (including phenoxy) is 2. The summed E-state index contributed by atoms with van der Waals surface area (Å²) < 4.78 is 9.35. The topological polar surface area (TPSA) is 115 Å². The van der Waals surface area contributed by atoms with Crippen molar-refractivity contribution < 1.29 is 19.1 Å². The molecule has 0 fully saturated rings. The van der Waals surface area contributed by atoms with E-state index in [0.717, 1.165) is 28.0 Å². The first-order chi connectivity index (χ1) is 20.0. The van der Waals surface area contributed by atoms with Crippen LogP contribution in [0.2, 0.25) is 0 Å². The van der Waals surface area contributed by atoms with E-state index in [9.17, 15) is 9.59 Å². The molecule has 0 aliphatic rings. The van der Waals surface area contributed by atoms with Gasteiger partial charge in [-0.25, -0.2) is 0 Å². The fourth-order valence-corrected chi connectivity index (χ4v) is 3.49. The molecule has 0 atom stereocenters. The number of rotatable bonds is 9. The Morgan fingerprint density at radius 3 is 1.26 bits per heavy atom. The van der Waals surface area contributed by atoms with Gasteiger partial charge in [0.1, 0.15) is 6.54 Å². The summed E-state index contributed by atoms with van der Waals surface area (Å²) in [5.41, 5.74) is 10.2. The summed E-state index contributed by atoms with van der Waals surface area (Å²) in [6.07, 6.45) is 0. The van der Waals surface area contributed by atoms with Gasteiger partial charge in [0.05, 0.1) is 31.2 Å². The third kappa shape index (κ3) is 13.2. The zero-order valence-corrected chi connectivity index (χ0v) is 24.8. The van der Waals surface area contributed by atoms with Crippen LogP contribution in [0.5, 0.6) is 0 Å². The van der Waals surface area contributed by atoms with E-state index >= 15 is 0 Å². The van der Waals surface area contributed by atoms with Crippen molar-refractivity contribution in [2.45, 2.75) is 13.8 Å². The van der Waals surface area contributed by atoms with Crippen LogP contribution in [-0.4, -0.2) is 49.7 Å². The van der Waals surface area contributed by atoms with Crippen LogP contribution in [0.25, 0.3) is 0 Å². The zero-order chi connectivity index (χ0) is 29.7. The van der Waals surface area contributed by atoms with Crippen LogP contribution >= 0.6 is 12.4 Å². The summed E-state index contributed by atoms with van der Waals surface area (Å²) >= 11 is 0. The van der Waals surface area contributed by atoms with Gasteiger partial charge in [-0.1, -0.05) is 121 Å². The van der Waals surface area contributed by atoms with Crippen molar-refractivity contribution in [1.29, 1.82) is 5.41 Å². The van der Waals surface area contributed by atoms with E-state index in [1.165, 1.54) is 0 Å². The molecule has 3 N–H and O–H groups in total. The fourth-order valence-electron chi connectivity index (χ4n) is 3.49. The van der Waals surface area contributed by atoms with Crippen molar-refractivity contribution in [3.8, 4) is 0 Å². The summed E-state index contributed by atoms with van der Waals surface area (Å²) in [7, 11) is 0. The Labute approximate surface area is 254 Å². The molecule has 4 aromatic rings. The summed E-state index contributed by atoms with van der Waals surface area (Å²) in [5, 5.41) is 7.97. The van der Waals surface area contributed by atoms with Gasteiger partial charge >= 0.3 is 11.9 Å². The predicted molar refractivity (Wildman–Crippen MR) is 172 cm³/mol. The number of halogens is 1. The van der Waals surface area contributed by atoms with Crippen LogP contribution < -0.4 is 5.73 Å². The third-order valence-electron chi connectivity index (χ3n) is 5.36. The van der Waals surface area contributed by atoms with E-state index in [1.807, 2.05) is 121 Å². The summed E-state index contributed by atoms with van der Waals surface area (Å²) in [6, 6.07) is 39.2. The Balaban J connectivity index is 0.000000349. The van der Waals surface area contributed by atoms with Gasteiger partial charge in [0.2, 0.25) is 0 Å². The first kappa shape index (κ1) is 35.4. The highest BCUT2D eigenvalue weighted by molar-refractivity contribution is 6.13. The van der Waals surface area contributed by atoms with Gasteiger partial charge in [-0.3, -0.25) is 20.0 Å². The van der Waals surface area contributed by atoms with Crippen LogP contribution in [0.3, 0.4) is 0 Å². The molecule has 4 rings (SSSR count). The second-order valence-electron chi connectivity index (χ2n) is 8.32. The number of carbonyl (C=O) groups excluding carboxylic acids is 2. The van der Waals surface area contributed by atoms with Crippen molar-refractivity contribution in [2.75, 3.05) is 26.3 Å². The maximum absolute atomic E-state index is 11.5. The average Bonchev–Trinajstić information content (AvgIpc) is 3.03. The number of carbonyl (C=O) groups is 2. The Kier molecular flexibility index (Phi) is 17.9. The molecule has 0 saturated carbocycles. The fraction of sp³-hybridized carbons (Fsp3) is 0.176. The number of nitrogens with one attached hydrogen (secondary N) is 1. The number of benzene rings is 4. The SMILES string of the molecule is CCOC(=O)CN.CCOC(=O)CN=C(c1ccccc1)c1ccccc1.Cl.N=C(c1ccccc1)c1ccccc1. The van der Waals surface area contributed by atoms with E-state index in [-0.39, 0.29) is 37.4 Å². The average molecular weight is 588 g/mol. The molecular weight excluding hydrogens is 550 g/mol. The quantitative estimate of drug-likeness (QED) is 0.181. The van der Waals surface area contributed by atoms with Crippen molar-refractivity contribution >= 4 is 35.8 Å². The van der Waals surface area contributed by atoms with Gasteiger partial charge in [-0.15, -0.1) is 12.4 Å². The number of hydrogen-bond acceptors (Lipinski definition) is 7. The van der Waals surface area contributed by atoms with Crippen LogP contribution in [-0.2, 0) is 19.1 Å². The van der Waals surface area contributed by atoms with E-state index < -0.39 is 0 Å². The molecule has 42 heavy (non-hydrogen) atoms. The first-order valence-corrected chi connectivity index (χ1v) is 13.4. The standard InChI is InChI=1S/C17H17NO2.C13H11N.C4H9NO2.ClH/c1-2-20-16(19)13-18-17(14-9-5-3-6-10-14)15-11-7-4-8-12-15;14-13(11-7-3-1-4-8-11)12-9-5-2-6-10-12;1-2-7-4(6)3-5;/h3-12H,2,13H2,1H3;1-10,14H;2-3,5H2,1H3;1H. The molecule has 0 saturated heterocycles. The Hall–Kier alpha value is -4.59. The molecular formula is C34H38ClN3O4. The lowest BCUT2D eigenvalue weighted by molar-refractivity contribution is -0.142. The highest BCUT2D eigenvalue weighted by Crippen LogP contribution is 2.11. The number of hydrogen-bond donors (Lipinski definition) is 2.